The first-order chi connectivity index (χ1) is 7.09. The molecule has 0 aliphatic rings. The van der Waals surface area contributed by atoms with Crippen LogP contribution in [0.4, 0.5) is 0 Å². The zero-order valence-corrected chi connectivity index (χ0v) is 10.1. The van der Waals surface area contributed by atoms with Gasteiger partial charge in [0.1, 0.15) is 12.4 Å². The van der Waals surface area contributed by atoms with E-state index in [9.17, 15) is 0 Å². The molecule has 0 aromatic heterocycles. The summed E-state index contributed by atoms with van der Waals surface area (Å²) in [4.78, 5) is 0. The van der Waals surface area contributed by atoms with Crippen LogP contribution in [0.25, 0.3) is 0 Å². The summed E-state index contributed by atoms with van der Waals surface area (Å²) in [5.41, 5.74) is 5.24. The van der Waals surface area contributed by atoms with E-state index in [-0.39, 0.29) is 5.11 Å². The molecule has 1 aromatic rings. The van der Waals surface area contributed by atoms with Crippen molar-refractivity contribution in [2.75, 3.05) is 13.2 Å². The van der Waals surface area contributed by atoms with Crippen LogP contribution >= 0.6 is 35.4 Å². The Bertz CT molecular complexity index is 360. The molecule has 0 spiro atoms. The zero-order chi connectivity index (χ0) is 11.3. The molecule has 15 heavy (non-hydrogen) atoms. The van der Waals surface area contributed by atoms with E-state index in [2.05, 4.69) is 17.5 Å². The fourth-order valence-electron chi connectivity index (χ4n) is 0.927. The number of nitrogens with two attached hydrogens (primary N) is 1. The van der Waals surface area contributed by atoms with Gasteiger partial charge in [-0.1, -0.05) is 23.2 Å². The average Bonchev–Trinajstić information content (AvgIpc) is 2.14. The highest BCUT2D eigenvalue weighted by atomic mass is 35.5. The third-order valence-corrected chi connectivity index (χ3v) is 2.23. The third-order valence-electron chi connectivity index (χ3n) is 1.55. The molecule has 1 rings (SSSR count). The van der Waals surface area contributed by atoms with Crippen molar-refractivity contribution in [2.45, 2.75) is 0 Å². The molecular weight excluding hydrogens is 255 g/mol. The number of hydrogen-bond donors (Lipinski definition) is 2. The van der Waals surface area contributed by atoms with Crippen LogP contribution < -0.4 is 15.8 Å². The summed E-state index contributed by atoms with van der Waals surface area (Å²) in [6.45, 7) is 0.965. The van der Waals surface area contributed by atoms with Crippen LogP contribution in [0.1, 0.15) is 0 Å². The van der Waals surface area contributed by atoms with E-state index in [4.69, 9.17) is 33.7 Å². The smallest absolute Gasteiger partial charge is 0.163 e. The molecule has 0 amide bonds. The Morgan fingerprint density at radius 3 is 2.80 bits per heavy atom. The van der Waals surface area contributed by atoms with Gasteiger partial charge < -0.3 is 15.8 Å². The zero-order valence-electron chi connectivity index (χ0n) is 7.80. The predicted molar refractivity (Wildman–Crippen MR) is 66.7 cm³/mol. The largest absolute Gasteiger partial charge is 0.490 e. The highest BCUT2D eigenvalue weighted by Crippen LogP contribution is 2.27. The Morgan fingerprint density at radius 2 is 2.20 bits per heavy atom. The van der Waals surface area contributed by atoms with Crippen LogP contribution in [0.5, 0.6) is 5.75 Å². The van der Waals surface area contributed by atoms with Gasteiger partial charge in [0.25, 0.3) is 0 Å². The van der Waals surface area contributed by atoms with Crippen LogP contribution in [0, 0.1) is 0 Å². The Hall–Kier alpha value is -0.710. The molecule has 0 saturated heterocycles. The minimum absolute atomic E-state index is 0.251. The molecule has 1 aromatic carbocycles. The Morgan fingerprint density at radius 1 is 1.47 bits per heavy atom. The lowest BCUT2D eigenvalue weighted by Crippen LogP contribution is -2.32. The van der Waals surface area contributed by atoms with E-state index in [1.165, 1.54) is 0 Å². The van der Waals surface area contributed by atoms with Crippen molar-refractivity contribution in [3.63, 3.8) is 0 Å². The number of hydrogen-bond acceptors (Lipinski definition) is 2. The molecule has 0 radical (unpaired) electrons. The van der Waals surface area contributed by atoms with Crippen molar-refractivity contribution < 1.29 is 4.74 Å². The van der Waals surface area contributed by atoms with Crippen LogP contribution in [0.3, 0.4) is 0 Å². The molecule has 6 heteroatoms. The summed E-state index contributed by atoms with van der Waals surface area (Å²) >= 11 is 16.3. The molecule has 82 valence electrons. The van der Waals surface area contributed by atoms with E-state index < -0.39 is 0 Å². The van der Waals surface area contributed by atoms with Crippen molar-refractivity contribution in [3.05, 3.63) is 28.2 Å². The van der Waals surface area contributed by atoms with Crippen LogP contribution in [0.15, 0.2) is 18.2 Å². The van der Waals surface area contributed by atoms with Crippen molar-refractivity contribution in [2.24, 2.45) is 5.73 Å². The normalized spacial score (nSPS) is 9.73. The first kappa shape index (κ1) is 12.4. The lowest BCUT2D eigenvalue weighted by Gasteiger charge is -2.08. The molecule has 0 heterocycles. The second-order valence-electron chi connectivity index (χ2n) is 2.71. The molecule has 3 N–H and O–H groups in total. The Balaban J connectivity index is 2.40. The fraction of sp³-hybridized carbons (Fsp3) is 0.222. The standard InChI is InChI=1S/C9H10Cl2N2OS/c10-6-1-2-8(7(11)5-6)14-4-3-13-9(12)15/h1-2,5H,3-4H2,(H3,12,13,15). The second-order valence-corrected chi connectivity index (χ2v) is 4.00. The summed E-state index contributed by atoms with van der Waals surface area (Å²) in [7, 11) is 0. The summed E-state index contributed by atoms with van der Waals surface area (Å²) in [6, 6.07) is 5.05. The van der Waals surface area contributed by atoms with Crippen LogP contribution in [-0.4, -0.2) is 18.3 Å². The van der Waals surface area contributed by atoms with Crippen LogP contribution in [-0.2, 0) is 0 Å². The Kier molecular flexibility index (Phi) is 4.94. The number of ether oxygens (including phenoxy) is 1. The van der Waals surface area contributed by atoms with Crippen molar-refractivity contribution >= 4 is 40.5 Å². The summed E-state index contributed by atoms with van der Waals surface area (Å²) in [6.07, 6.45) is 0. The molecule has 0 fully saturated rings. The molecule has 0 aliphatic carbocycles. The predicted octanol–water partition coefficient (Wildman–Crippen LogP) is 2.21. The quantitative estimate of drug-likeness (QED) is 0.647. The van der Waals surface area contributed by atoms with Crippen molar-refractivity contribution in [1.29, 1.82) is 0 Å². The van der Waals surface area contributed by atoms with Crippen LogP contribution in [0.2, 0.25) is 10.0 Å². The molecule has 3 nitrogen and oxygen atoms in total. The fourth-order valence-corrected chi connectivity index (χ4v) is 1.49. The molecule has 0 bridgehead atoms. The molecule has 0 saturated carbocycles. The number of thiocarbonyl (C=S) groups is 1. The SMILES string of the molecule is NC(=S)NCCOc1ccc(Cl)cc1Cl. The minimum Gasteiger partial charge on any atom is -0.490 e. The van der Waals surface area contributed by atoms with Gasteiger partial charge in [0, 0.05) is 5.02 Å². The van der Waals surface area contributed by atoms with Gasteiger partial charge in [-0.25, -0.2) is 0 Å². The van der Waals surface area contributed by atoms with Gasteiger partial charge in [0.05, 0.1) is 11.6 Å². The lowest BCUT2D eigenvalue weighted by molar-refractivity contribution is 0.323. The topological polar surface area (TPSA) is 47.3 Å². The number of nitrogens with one attached hydrogen (secondary N) is 1. The maximum atomic E-state index is 5.89. The van der Waals surface area contributed by atoms with Gasteiger partial charge in [-0.2, -0.15) is 0 Å². The number of benzene rings is 1. The van der Waals surface area contributed by atoms with E-state index in [0.29, 0.717) is 28.9 Å². The summed E-state index contributed by atoms with van der Waals surface area (Å²) in [5.74, 6) is 0.589. The van der Waals surface area contributed by atoms with E-state index >= 15 is 0 Å². The maximum absolute atomic E-state index is 5.89. The van der Waals surface area contributed by atoms with Gasteiger partial charge in [-0.15, -0.1) is 0 Å². The third kappa shape index (κ3) is 4.55. The number of rotatable bonds is 4. The molecular formula is C9H10Cl2N2OS. The first-order valence-corrected chi connectivity index (χ1v) is 5.37. The van der Waals surface area contributed by atoms with Gasteiger partial charge >= 0.3 is 0 Å². The van der Waals surface area contributed by atoms with E-state index in [1.807, 2.05) is 0 Å². The van der Waals surface area contributed by atoms with Gasteiger partial charge in [0.15, 0.2) is 5.11 Å². The monoisotopic (exact) mass is 264 g/mol. The molecule has 0 unspecified atom stereocenters. The Labute approximate surface area is 103 Å². The van der Waals surface area contributed by atoms with Gasteiger partial charge in [-0.3, -0.25) is 0 Å². The van der Waals surface area contributed by atoms with Crippen molar-refractivity contribution in [1.82, 2.24) is 5.32 Å². The van der Waals surface area contributed by atoms with E-state index in [1.54, 1.807) is 18.2 Å². The summed E-state index contributed by atoms with van der Waals surface area (Å²) in [5, 5.41) is 4.07. The average molecular weight is 265 g/mol. The highest BCUT2D eigenvalue weighted by molar-refractivity contribution is 7.80. The van der Waals surface area contributed by atoms with Gasteiger partial charge in [-0.05, 0) is 30.4 Å². The first-order valence-electron chi connectivity index (χ1n) is 4.21. The maximum Gasteiger partial charge on any atom is 0.163 e. The van der Waals surface area contributed by atoms with E-state index in [0.717, 1.165) is 0 Å². The minimum atomic E-state index is 0.251. The van der Waals surface area contributed by atoms with Crippen molar-refractivity contribution in [3.8, 4) is 5.75 Å². The molecule has 0 aliphatic heterocycles. The highest BCUT2D eigenvalue weighted by Gasteiger charge is 2.01. The second kappa shape index (κ2) is 6.00. The number of halogens is 2. The van der Waals surface area contributed by atoms with Gasteiger partial charge in [0.2, 0.25) is 0 Å². The summed E-state index contributed by atoms with van der Waals surface area (Å²) < 4.78 is 5.37. The molecule has 0 atom stereocenters. The lowest BCUT2D eigenvalue weighted by atomic mass is 10.3.